The van der Waals surface area contributed by atoms with Gasteiger partial charge in [0.2, 0.25) is 11.8 Å². The summed E-state index contributed by atoms with van der Waals surface area (Å²) in [6.45, 7) is 4.63. The first kappa shape index (κ1) is 19.6. The summed E-state index contributed by atoms with van der Waals surface area (Å²) in [4.78, 5) is 25.2. The van der Waals surface area contributed by atoms with Crippen LogP contribution in [0.25, 0.3) is 0 Å². The van der Waals surface area contributed by atoms with Gasteiger partial charge in [-0.2, -0.15) is 0 Å². The van der Waals surface area contributed by atoms with Gasteiger partial charge in [-0.05, 0) is 36.1 Å². The highest BCUT2D eigenvalue weighted by Gasteiger charge is 2.23. The average Bonchev–Trinajstić information content (AvgIpc) is 2.60. The molecule has 0 radical (unpaired) electrons. The van der Waals surface area contributed by atoms with Crippen LogP contribution in [0.3, 0.4) is 0 Å². The molecule has 0 saturated carbocycles. The maximum absolute atomic E-state index is 14.0. The van der Waals surface area contributed by atoms with E-state index in [2.05, 4.69) is 5.32 Å². The molecule has 0 aliphatic carbocycles. The predicted molar refractivity (Wildman–Crippen MR) is 98.2 cm³/mol. The van der Waals surface area contributed by atoms with E-state index >= 15 is 0 Å². The number of hydrogen-bond donors (Lipinski definition) is 1. The van der Waals surface area contributed by atoms with Crippen molar-refractivity contribution < 1.29 is 18.4 Å². The summed E-state index contributed by atoms with van der Waals surface area (Å²) in [5, 5.41) is 2.80. The van der Waals surface area contributed by atoms with Crippen molar-refractivity contribution in [3.05, 3.63) is 59.2 Å². The van der Waals surface area contributed by atoms with Crippen LogP contribution < -0.4 is 10.2 Å². The Labute approximate surface area is 151 Å². The van der Waals surface area contributed by atoms with Crippen LogP contribution in [-0.4, -0.2) is 18.4 Å². The molecule has 138 valence electrons. The second kappa shape index (κ2) is 8.56. The van der Waals surface area contributed by atoms with Crippen LogP contribution in [0.4, 0.5) is 20.2 Å². The number of carbonyl (C=O) groups excluding carboxylic acids is 2. The van der Waals surface area contributed by atoms with Crippen LogP contribution in [0, 0.1) is 11.6 Å². The zero-order chi connectivity index (χ0) is 19.3. The van der Waals surface area contributed by atoms with E-state index in [1.165, 1.54) is 6.07 Å². The highest BCUT2D eigenvalue weighted by molar-refractivity contribution is 6.02. The van der Waals surface area contributed by atoms with Gasteiger partial charge >= 0.3 is 0 Å². The Bertz CT molecular complexity index is 779. The minimum absolute atomic E-state index is 0.478. The first-order valence-electron chi connectivity index (χ1n) is 8.51. The van der Waals surface area contributed by atoms with Crippen molar-refractivity contribution in [2.45, 2.75) is 33.6 Å². The number of nitrogens with one attached hydrogen (secondary N) is 1. The summed E-state index contributed by atoms with van der Waals surface area (Å²) in [5.41, 5.74) is 2.10. The second-order valence-corrected chi connectivity index (χ2v) is 5.88. The van der Waals surface area contributed by atoms with E-state index in [-0.39, 0.29) is 0 Å². The number of nitrogens with zero attached hydrogens (tertiary/aromatic N) is 1. The van der Waals surface area contributed by atoms with Gasteiger partial charge in [-0.25, -0.2) is 8.78 Å². The molecule has 6 heteroatoms. The monoisotopic (exact) mass is 360 g/mol. The molecule has 0 heterocycles. The van der Waals surface area contributed by atoms with Gasteiger partial charge in [0.25, 0.3) is 0 Å². The Hall–Kier alpha value is -2.76. The summed E-state index contributed by atoms with van der Waals surface area (Å²) in [6.07, 6.45) is 1.45. The number of benzene rings is 2. The number of hydrogen-bond acceptors (Lipinski definition) is 2. The minimum atomic E-state index is -0.892. The third-order valence-corrected chi connectivity index (χ3v) is 4.15. The molecular formula is C20H22F2N2O2. The molecule has 26 heavy (non-hydrogen) atoms. The Morgan fingerprint density at radius 1 is 0.962 bits per heavy atom. The van der Waals surface area contributed by atoms with Gasteiger partial charge in [0.1, 0.15) is 23.9 Å². The Morgan fingerprint density at radius 3 is 1.92 bits per heavy atom. The van der Waals surface area contributed by atoms with Crippen LogP contribution in [0.5, 0.6) is 0 Å². The van der Waals surface area contributed by atoms with Crippen molar-refractivity contribution in [3.63, 3.8) is 0 Å². The molecule has 0 aliphatic heterocycles. The van der Waals surface area contributed by atoms with Crippen molar-refractivity contribution >= 4 is 23.2 Å². The summed E-state index contributed by atoms with van der Waals surface area (Å²) in [6, 6.07) is 9.05. The summed E-state index contributed by atoms with van der Waals surface area (Å²) < 4.78 is 28.0. The molecule has 0 fully saturated rings. The standard InChI is InChI=1S/C20H22F2N2O2/c1-4-14-8-6-9-15(5-2)19(14)23-18(26)12-24(13(3)25)20-16(21)10-7-11-17(20)22/h6-11H,4-5,12H2,1-3H3,(H,23,26). The van der Waals surface area contributed by atoms with Gasteiger partial charge in [-0.1, -0.05) is 38.1 Å². The quantitative estimate of drug-likeness (QED) is 0.844. The Balaban J connectivity index is 2.29. The van der Waals surface area contributed by atoms with Crippen molar-refractivity contribution in [2.24, 2.45) is 0 Å². The summed E-state index contributed by atoms with van der Waals surface area (Å²) >= 11 is 0. The molecule has 0 unspecified atom stereocenters. The van der Waals surface area contributed by atoms with E-state index in [0.29, 0.717) is 5.69 Å². The van der Waals surface area contributed by atoms with E-state index in [1.807, 2.05) is 32.0 Å². The molecule has 0 bridgehead atoms. The van der Waals surface area contributed by atoms with Gasteiger partial charge in [-0.15, -0.1) is 0 Å². The molecule has 0 spiro atoms. The summed E-state index contributed by atoms with van der Waals surface area (Å²) in [5.74, 6) is -2.92. The number of carbonyl (C=O) groups is 2. The van der Waals surface area contributed by atoms with Crippen molar-refractivity contribution in [2.75, 3.05) is 16.8 Å². The highest BCUT2D eigenvalue weighted by Crippen LogP contribution is 2.25. The predicted octanol–water partition coefficient (Wildman–Crippen LogP) is 4.08. The van der Waals surface area contributed by atoms with E-state index < -0.39 is 35.7 Å². The zero-order valence-corrected chi connectivity index (χ0v) is 15.1. The average molecular weight is 360 g/mol. The van der Waals surface area contributed by atoms with E-state index in [9.17, 15) is 18.4 Å². The fraction of sp³-hybridized carbons (Fsp3) is 0.300. The lowest BCUT2D eigenvalue weighted by Crippen LogP contribution is -2.38. The van der Waals surface area contributed by atoms with Gasteiger partial charge < -0.3 is 5.32 Å². The molecule has 4 nitrogen and oxygen atoms in total. The number of aryl methyl sites for hydroxylation is 2. The van der Waals surface area contributed by atoms with Crippen molar-refractivity contribution in [3.8, 4) is 0 Å². The number of amides is 2. The molecule has 2 aromatic carbocycles. The zero-order valence-electron chi connectivity index (χ0n) is 15.1. The van der Waals surface area contributed by atoms with E-state index in [4.69, 9.17) is 0 Å². The molecule has 0 aliphatic rings. The van der Waals surface area contributed by atoms with Crippen LogP contribution in [0.1, 0.15) is 31.9 Å². The molecule has 2 amide bonds. The van der Waals surface area contributed by atoms with Crippen molar-refractivity contribution in [1.29, 1.82) is 0 Å². The van der Waals surface area contributed by atoms with Crippen LogP contribution in [0.2, 0.25) is 0 Å². The van der Waals surface area contributed by atoms with Crippen LogP contribution >= 0.6 is 0 Å². The summed E-state index contributed by atoms with van der Waals surface area (Å²) in [7, 11) is 0. The third-order valence-electron chi connectivity index (χ3n) is 4.15. The second-order valence-electron chi connectivity index (χ2n) is 5.88. The maximum Gasteiger partial charge on any atom is 0.244 e. The third kappa shape index (κ3) is 4.25. The first-order chi connectivity index (χ1) is 12.4. The lowest BCUT2D eigenvalue weighted by Gasteiger charge is -2.22. The Kier molecular flexibility index (Phi) is 6.44. The molecule has 2 rings (SSSR count). The normalized spacial score (nSPS) is 10.5. The molecule has 2 aromatic rings. The van der Waals surface area contributed by atoms with E-state index in [0.717, 1.165) is 47.9 Å². The van der Waals surface area contributed by atoms with Gasteiger partial charge in [0.15, 0.2) is 0 Å². The van der Waals surface area contributed by atoms with Gasteiger partial charge in [-0.3, -0.25) is 14.5 Å². The number of halogens is 2. The molecule has 0 saturated heterocycles. The SMILES string of the molecule is CCc1cccc(CC)c1NC(=O)CN(C(C)=O)c1c(F)cccc1F. The largest absolute Gasteiger partial charge is 0.324 e. The molecule has 1 N–H and O–H groups in total. The smallest absolute Gasteiger partial charge is 0.244 e. The number of para-hydroxylation sites is 2. The van der Waals surface area contributed by atoms with E-state index in [1.54, 1.807) is 0 Å². The van der Waals surface area contributed by atoms with Crippen molar-refractivity contribution in [1.82, 2.24) is 0 Å². The molecule has 0 aromatic heterocycles. The lowest BCUT2D eigenvalue weighted by molar-refractivity contribution is -0.120. The molecular weight excluding hydrogens is 338 g/mol. The fourth-order valence-corrected chi connectivity index (χ4v) is 2.82. The van der Waals surface area contributed by atoms with Gasteiger partial charge in [0.05, 0.1) is 0 Å². The van der Waals surface area contributed by atoms with Crippen LogP contribution in [-0.2, 0) is 22.4 Å². The lowest BCUT2D eigenvalue weighted by atomic mass is 10.0. The topological polar surface area (TPSA) is 49.4 Å². The van der Waals surface area contributed by atoms with Gasteiger partial charge in [0, 0.05) is 12.6 Å². The molecule has 0 atom stereocenters. The fourth-order valence-electron chi connectivity index (χ4n) is 2.82. The first-order valence-corrected chi connectivity index (χ1v) is 8.51. The minimum Gasteiger partial charge on any atom is -0.324 e. The highest BCUT2D eigenvalue weighted by atomic mass is 19.1. The van der Waals surface area contributed by atoms with Crippen LogP contribution in [0.15, 0.2) is 36.4 Å². The Morgan fingerprint density at radius 2 is 1.46 bits per heavy atom. The number of rotatable bonds is 6. The maximum atomic E-state index is 14.0. The number of anilines is 2.